The third kappa shape index (κ3) is 4.02. The number of benzene rings is 2. The lowest BCUT2D eigenvalue weighted by atomic mass is 10.2. The molecule has 6 nitrogen and oxygen atoms in total. The standard InChI is InChI=1S/C23H16N4O2S/c24-14-17(15-25)13-20-22-23(29-12-11-28-22)21(30-20)16-26-27(18-7-3-1-4-8-18)19-9-5-2-6-10-19/h1-10,13,16H,11-12H2/b26-16+. The summed E-state index contributed by atoms with van der Waals surface area (Å²) in [4.78, 5) is 1.42. The second-order valence-corrected chi connectivity index (χ2v) is 7.28. The van der Waals surface area contributed by atoms with Gasteiger partial charge in [0.15, 0.2) is 11.5 Å². The number of thiophene rings is 1. The molecule has 0 saturated heterocycles. The van der Waals surface area contributed by atoms with Crippen LogP contribution in [0.2, 0.25) is 0 Å². The third-order valence-electron chi connectivity index (χ3n) is 4.26. The summed E-state index contributed by atoms with van der Waals surface area (Å²) in [5.41, 5.74) is 1.84. The fraction of sp³-hybridized carbons (Fsp3) is 0.0870. The Balaban J connectivity index is 1.75. The number of hydrogen-bond donors (Lipinski definition) is 0. The van der Waals surface area contributed by atoms with Crippen molar-refractivity contribution in [2.45, 2.75) is 0 Å². The molecule has 1 aliphatic heterocycles. The second kappa shape index (κ2) is 8.95. The molecule has 0 unspecified atom stereocenters. The molecular weight excluding hydrogens is 396 g/mol. The first-order chi connectivity index (χ1) is 14.8. The van der Waals surface area contributed by atoms with Crippen molar-refractivity contribution in [2.75, 3.05) is 18.2 Å². The van der Waals surface area contributed by atoms with Crippen LogP contribution in [0.4, 0.5) is 11.4 Å². The predicted molar refractivity (Wildman–Crippen MR) is 117 cm³/mol. The molecule has 0 atom stereocenters. The van der Waals surface area contributed by atoms with E-state index in [2.05, 4.69) is 0 Å². The van der Waals surface area contributed by atoms with E-state index in [1.807, 2.05) is 77.8 Å². The number of allylic oxidation sites excluding steroid dienone is 1. The highest BCUT2D eigenvalue weighted by Crippen LogP contribution is 2.44. The molecule has 0 radical (unpaired) electrons. The summed E-state index contributed by atoms with van der Waals surface area (Å²) in [6, 6.07) is 23.4. The molecule has 0 fully saturated rings. The van der Waals surface area contributed by atoms with Gasteiger partial charge in [-0.05, 0) is 30.3 Å². The van der Waals surface area contributed by atoms with Gasteiger partial charge in [-0.1, -0.05) is 36.4 Å². The van der Waals surface area contributed by atoms with Gasteiger partial charge in [-0.3, -0.25) is 0 Å². The highest BCUT2D eigenvalue weighted by atomic mass is 32.1. The van der Waals surface area contributed by atoms with Crippen molar-refractivity contribution in [3.63, 3.8) is 0 Å². The van der Waals surface area contributed by atoms with Crippen LogP contribution in [-0.4, -0.2) is 19.4 Å². The minimum Gasteiger partial charge on any atom is -0.485 e. The average Bonchev–Trinajstić information content (AvgIpc) is 3.16. The quantitative estimate of drug-likeness (QED) is 0.330. The summed E-state index contributed by atoms with van der Waals surface area (Å²) >= 11 is 1.36. The molecular formula is C23H16N4O2S. The van der Waals surface area contributed by atoms with Crippen molar-refractivity contribution >= 4 is 35.0 Å². The molecule has 1 aliphatic rings. The van der Waals surface area contributed by atoms with Crippen molar-refractivity contribution in [1.29, 1.82) is 10.5 Å². The van der Waals surface area contributed by atoms with E-state index in [4.69, 9.17) is 25.1 Å². The van der Waals surface area contributed by atoms with Crippen LogP contribution >= 0.6 is 11.3 Å². The Kier molecular flexibility index (Phi) is 5.75. The summed E-state index contributed by atoms with van der Waals surface area (Å²) < 4.78 is 11.6. The van der Waals surface area contributed by atoms with Gasteiger partial charge in [0.05, 0.1) is 27.3 Å². The molecule has 0 bridgehead atoms. The van der Waals surface area contributed by atoms with E-state index in [1.54, 1.807) is 6.21 Å². The monoisotopic (exact) mass is 412 g/mol. The van der Waals surface area contributed by atoms with Gasteiger partial charge in [0.25, 0.3) is 0 Å². The van der Waals surface area contributed by atoms with Gasteiger partial charge in [0.2, 0.25) is 0 Å². The van der Waals surface area contributed by atoms with E-state index < -0.39 is 0 Å². The molecule has 2 heterocycles. The van der Waals surface area contributed by atoms with E-state index >= 15 is 0 Å². The van der Waals surface area contributed by atoms with Crippen LogP contribution in [0.15, 0.2) is 71.3 Å². The maximum atomic E-state index is 9.09. The average molecular weight is 412 g/mol. The van der Waals surface area contributed by atoms with Crippen molar-refractivity contribution in [1.82, 2.24) is 0 Å². The number of fused-ring (bicyclic) bond motifs is 1. The first kappa shape index (κ1) is 19.3. The number of para-hydroxylation sites is 2. The Morgan fingerprint density at radius 2 is 1.40 bits per heavy atom. The van der Waals surface area contributed by atoms with Gasteiger partial charge in [0.1, 0.15) is 30.9 Å². The lowest BCUT2D eigenvalue weighted by molar-refractivity contribution is 0.173. The van der Waals surface area contributed by atoms with Crippen LogP contribution in [0.5, 0.6) is 11.5 Å². The summed E-state index contributed by atoms with van der Waals surface area (Å²) in [7, 11) is 0. The SMILES string of the molecule is N#CC(C#N)=Cc1sc(/C=N/N(c2ccccc2)c2ccccc2)c2c1OCCO2. The van der Waals surface area contributed by atoms with E-state index in [0.29, 0.717) is 29.6 Å². The Labute approximate surface area is 178 Å². The zero-order valence-corrected chi connectivity index (χ0v) is 16.7. The second-order valence-electron chi connectivity index (χ2n) is 6.19. The lowest BCUT2D eigenvalue weighted by Gasteiger charge is -2.19. The minimum absolute atomic E-state index is 0.00640. The largest absolute Gasteiger partial charge is 0.485 e. The van der Waals surface area contributed by atoms with Crippen LogP contribution in [-0.2, 0) is 0 Å². The molecule has 3 aromatic rings. The summed E-state index contributed by atoms with van der Waals surface area (Å²) in [5, 5.41) is 24.7. The molecule has 4 rings (SSSR count). The molecule has 7 heteroatoms. The highest BCUT2D eigenvalue weighted by molar-refractivity contribution is 7.15. The molecule has 0 spiro atoms. The van der Waals surface area contributed by atoms with Crippen molar-refractivity contribution in [3.8, 4) is 23.6 Å². The number of ether oxygens (including phenoxy) is 2. The normalized spacial score (nSPS) is 12.1. The summed E-state index contributed by atoms with van der Waals surface area (Å²) in [6.45, 7) is 0.841. The van der Waals surface area contributed by atoms with Crippen LogP contribution in [0, 0.1) is 22.7 Å². The Hall–Kier alpha value is -4.07. The molecule has 2 aromatic carbocycles. The number of anilines is 2. The first-order valence-corrected chi connectivity index (χ1v) is 10.0. The first-order valence-electron chi connectivity index (χ1n) is 9.18. The number of nitriles is 2. The van der Waals surface area contributed by atoms with Crippen LogP contribution < -0.4 is 14.5 Å². The molecule has 0 saturated carbocycles. The lowest BCUT2D eigenvalue weighted by Crippen LogP contribution is -2.15. The highest BCUT2D eigenvalue weighted by Gasteiger charge is 2.23. The maximum absolute atomic E-state index is 9.09. The van der Waals surface area contributed by atoms with Gasteiger partial charge in [0, 0.05) is 0 Å². The Morgan fingerprint density at radius 3 is 1.93 bits per heavy atom. The van der Waals surface area contributed by atoms with Crippen LogP contribution in [0.3, 0.4) is 0 Å². The van der Waals surface area contributed by atoms with Crippen LogP contribution in [0.1, 0.15) is 9.75 Å². The van der Waals surface area contributed by atoms with Gasteiger partial charge < -0.3 is 9.47 Å². The van der Waals surface area contributed by atoms with Gasteiger partial charge in [-0.25, -0.2) is 5.01 Å². The number of rotatable bonds is 5. The van der Waals surface area contributed by atoms with Crippen molar-refractivity contribution < 1.29 is 9.47 Å². The third-order valence-corrected chi connectivity index (χ3v) is 5.29. The Morgan fingerprint density at radius 1 is 0.867 bits per heavy atom. The summed E-state index contributed by atoms with van der Waals surface area (Å²) in [6.07, 6.45) is 3.23. The number of hydrogen-bond acceptors (Lipinski definition) is 7. The van der Waals surface area contributed by atoms with E-state index in [0.717, 1.165) is 16.3 Å². The van der Waals surface area contributed by atoms with Crippen molar-refractivity contribution in [3.05, 3.63) is 76.0 Å². The van der Waals surface area contributed by atoms with Crippen molar-refractivity contribution in [2.24, 2.45) is 5.10 Å². The zero-order chi connectivity index (χ0) is 20.8. The van der Waals surface area contributed by atoms with Gasteiger partial charge in [-0.15, -0.1) is 11.3 Å². The van der Waals surface area contributed by atoms with E-state index in [9.17, 15) is 0 Å². The molecule has 0 aliphatic carbocycles. The smallest absolute Gasteiger partial charge is 0.181 e. The Bertz CT molecular complexity index is 1120. The van der Waals surface area contributed by atoms with Gasteiger partial charge in [-0.2, -0.15) is 15.6 Å². The molecule has 0 N–H and O–H groups in total. The number of hydrazone groups is 1. The molecule has 1 aromatic heterocycles. The summed E-state index contributed by atoms with van der Waals surface area (Å²) in [5.74, 6) is 1.12. The molecule has 30 heavy (non-hydrogen) atoms. The zero-order valence-electron chi connectivity index (χ0n) is 15.9. The fourth-order valence-corrected chi connectivity index (χ4v) is 3.93. The number of nitrogens with zero attached hydrogens (tertiary/aromatic N) is 4. The molecule has 146 valence electrons. The van der Waals surface area contributed by atoms with E-state index in [-0.39, 0.29) is 5.57 Å². The fourth-order valence-electron chi connectivity index (χ4n) is 2.93. The van der Waals surface area contributed by atoms with E-state index in [1.165, 1.54) is 17.4 Å². The minimum atomic E-state index is 0.00640. The van der Waals surface area contributed by atoms with Crippen LogP contribution in [0.25, 0.3) is 6.08 Å². The van der Waals surface area contributed by atoms with Gasteiger partial charge >= 0.3 is 0 Å². The molecule has 0 amide bonds. The maximum Gasteiger partial charge on any atom is 0.181 e. The predicted octanol–water partition coefficient (Wildman–Crippen LogP) is 5.12. The topological polar surface area (TPSA) is 81.6 Å².